The monoisotopic (exact) mass is 463 g/mol. The Morgan fingerprint density at radius 1 is 0.700 bits per heavy atom. The van der Waals surface area contributed by atoms with Gasteiger partial charge in [0.25, 0.3) is 0 Å². The van der Waals surface area contributed by atoms with Crippen LogP contribution in [-0.2, 0) is 39.7 Å². The number of carboxylic acid groups (broad SMARTS) is 2. The first kappa shape index (κ1) is 28.4. The van der Waals surface area contributed by atoms with Gasteiger partial charge in [0, 0.05) is 39.3 Å². The third-order valence-electron chi connectivity index (χ3n) is 4.17. The zero-order valence-corrected chi connectivity index (χ0v) is 19.7. The molecule has 2 aromatic carbocycles. The summed E-state index contributed by atoms with van der Waals surface area (Å²) in [5.41, 5.74) is 0.861. The number of rotatable bonds is 11. The molecule has 2 aromatic rings. The topological polar surface area (TPSA) is 133 Å². The first-order valence-corrected chi connectivity index (χ1v) is 8.69. The molecule has 0 bridgehead atoms. The van der Waals surface area contributed by atoms with Gasteiger partial charge >= 0.3 is 46.6 Å². The summed E-state index contributed by atoms with van der Waals surface area (Å²) in [4.78, 5) is 25.1. The van der Waals surface area contributed by atoms with E-state index in [9.17, 15) is 30.0 Å². The summed E-state index contributed by atoms with van der Waals surface area (Å²) >= 11 is 0. The summed E-state index contributed by atoms with van der Waals surface area (Å²) in [5.74, 6) is -3.03. The summed E-state index contributed by atoms with van der Waals surface area (Å²) in [6.07, 6.45) is 0. The molecule has 0 N–H and O–H groups in total. The van der Waals surface area contributed by atoms with Crippen molar-refractivity contribution in [2.45, 2.75) is 13.1 Å². The van der Waals surface area contributed by atoms with E-state index in [1.165, 1.54) is 21.9 Å². The second-order valence-corrected chi connectivity index (χ2v) is 6.38. The van der Waals surface area contributed by atoms with Crippen molar-refractivity contribution in [2.75, 3.05) is 26.2 Å². The van der Waals surface area contributed by atoms with Gasteiger partial charge in [-0.25, -0.2) is 0 Å². The summed E-state index contributed by atoms with van der Waals surface area (Å²) in [6.45, 7) is -0.319. The smallest absolute Gasteiger partial charge is 0.872 e. The fourth-order valence-electron chi connectivity index (χ4n) is 2.83. The van der Waals surface area contributed by atoms with Crippen LogP contribution < -0.4 is 50.0 Å². The van der Waals surface area contributed by atoms with E-state index in [0.29, 0.717) is 11.1 Å². The molecule has 0 aliphatic rings. The van der Waals surface area contributed by atoms with E-state index in [1.807, 2.05) is 0 Å². The van der Waals surface area contributed by atoms with Gasteiger partial charge in [0.15, 0.2) is 0 Å². The molecule has 8 nitrogen and oxygen atoms in total. The van der Waals surface area contributed by atoms with Gasteiger partial charge in [0.05, 0.1) is 11.9 Å². The molecule has 10 heteroatoms. The van der Waals surface area contributed by atoms with Gasteiger partial charge < -0.3 is 30.0 Å². The molecular weight excluding hydrogens is 443 g/mol. The predicted octanol–water partition coefficient (Wildman–Crippen LogP) is -5.36. The van der Waals surface area contributed by atoms with Crippen molar-refractivity contribution in [3.63, 3.8) is 0 Å². The van der Waals surface area contributed by atoms with E-state index in [1.54, 1.807) is 36.4 Å². The van der Waals surface area contributed by atoms with Crippen LogP contribution in [0.4, 0.5) is 0 Å². The van der Waals surface area contributed by atoms with Crippen LogP contribution in [0.5, 0.6) is 11.5 Å². The van der Waals surface area contributed by atoms with Gasteiger partial charge in [-0.1, -0.05) is 48.5 Å². The molecule has 0 amide bonds. The number of benzene rings is 2. The zero-order valence-electron chi connectivity index (χ0n) is 16.6. The maximum absolute atomic E-state index is 11.9. The van der Waals surface area contributed by atoms with Gasteiger partial charge in [-0.05, 0) is 11.1 Å². The molecule has 1 radical (unpaired) electrons. The van der Waals surface area contributed by atoms with Crippen molar-refractivity contribution in [1.82, 2.24) is 9.80 Å². The molecular formula is C20H20FeN2NaO6. The Morgan fingerprint density at radius 2 is 1.03 bits per heavy atom. The summed E-state index contributed by atoms with van der Waals surface area (Å²) in [5, 5.41) is 45.9. The van der Waals surface area contributed by atoms with Gasteiger partial charge in [-0.15, -0.1) is 11.5 Å². The third kappa shape index (κ3) is 9.95. The second-order valence-electron chi connectivity index (χ2n) is 6.38. The minimum absolute atomic E-state index is 0. The minimum Gasteiger partial charge on any atom is -0.872 e. The van der Waals surface area contributed by atoms with Crippen molar-refractivity contribution >= 4 is 11.9 Å². The summed E-state index contributed by atoms with van der Waals surface area (Å²) in [6, 6.07) is 12.5. The van der Waals surface area contributed by atoms with Crippen molar-refractivity contribution in [3.05, 3.63) is 59.7 Å². The number of hydrogen-bond acceptors (Lipinski definition) is 8. The number of para-hydroxylation sites is 2. The SMILES string of the molecule is O=C([O-])CN(CCN(CC(=O)[O-])Cc1ccccc1[O-])Cc1ccccc1[O-].[Fe+3].[Na+]. The first-order chi connectivity index (χ1) is 13.3. The summed E-state index contributed by atoms with van der Waals surface area (Å²) in [7, 11) is 0. The van der Waals surface area contributed by atoms with Crippen LogP contribution in [0.25, 0.3) is 0 Å². The Hall–Kier alpha value is -1.58. The zero-order chi connectivity index (χ0) is 20.5. The predicted molar refractivity (Wildman–Crippen MR) is 92.3 cm³/mol. The Labute approximate surface area is 207 Å². The largest absolute Gasteiger partial charge is 3.00 e. The molecule has 0 unspecified atom stereocenters. The second kappa shape index (κ2) is 14.4. The van der Waals surface area contributed by atoms with E-state index in [0.717, 1.165) is 0 Å². The Morgan fingerprint density at radius 3 is 1.33 bits per heavy atom. The molecule has 0 heterocycles. The molecule has 0 saturated carbocycles. The number of carboxylic acids is 2. The molecule has 0 spiro atoms. The Balaban J connectivity index is 0.00000420. The quantitative estimate of drug-likeness (QED) is 0.302. The molecule has 155 valence electrons. The first-order valence-electron chi connectivity index (χ1n) is 8.69. The number of hydrogen-bond donors (Lipinski definition) is 0. The molecule has 0 aliphatic carbocycles. The van der Waals surface area contributed by atoms with Gasteiger partial charge in [-0.2, -0.15) is 0 Å². The van der Waals surface area contributed by atoms with Gasteiger partial charge in [-0.3, -0.25) is 9.80 Å². The van der Waals surface area contributed by atoms with E-state index < -0.39 is 25.0 Å². The number of carbonyl (C=O) groups excluding carboxylic acids is 2. The molecule has 0 aromatic heterocycles. The number of nitrogens with zero attached hydrogens (tertiary/aromatic N) is 2. The Kier molecular flexibility index (Phi) is 13.7. The van der Waals surface area contributed by atoms with Crippen molar-refractivity contribution in [3.8, 4) is 11.5 Å². The van der Waals surface area contributed by atoms with Gasteiger partial charge in [0.1, 0.15) is 0 Å². The molecule has 0 fully saturated rings. The fraction of sp³-hybridized carbons (Fsp3) is 0.300. The van der Waals surface area contributed by atoms with Crippen LogP contribution in [0.1, 0.15) is 11.1 Å². The van der Waals surface area contributed by atoms with Crippen molar-refractivity contribution in [1.29, 1.82) is 0 Å². The molecule has 2 rings (SSSR count). The van der Waals surface area contributed by atoms with Crippen molar-refractivity contribution in [2.24, 2.45) is 0 Å². The van der Waals surface area contributed by atoms with Crippen molar-refractivity contribution < 1.29 is 76.6 Å². The van der Waals surface area contributed by atoms with Crippen LogP contribution in [0, 0.1) is 0 Å². The number of carbonyl (C=O) groups is 2. The minimum atomic E-state index is -1.31. The fourth-order valence-corrected chi connectivity index (χ4v) is 2.83. The van der Waals surface area contributed by atoms with Crippen LogP contribution >= 0.6 is 0 Å². The molecule has 0 atom stereocenters. The van der Waals surface area contributed by atoms with E-state index >= 15 is 0 Å². The maximum Gasteiger partial charge on any atom is 3.00 e. The van der Waals surface area contributed by atoms with Crippen LogP contribution in [-0.4, -0.2) is 47.9 Å². The van der Waals surface area contributed by atoms with E-state index in [4.69, 9.17) is 0 Å². The van der Waals surface area contributed by atoms with Crippen LogP contribution in [0.3, 0.4) is 0 Å². The maximum atomic E-state index is 11.9. The van der Waals surface area contributed by atoms with E-state index in [2.05, 4.69) is 0 Å². The normalized spacial score (nSPS) is 10.3. The number of aliphatic carboxylic acids is 2. The molecule has 0 aliphatic heterocycles. The van der Waals surface area contributed by atoms with E-state index in [-0.39, 0.29) is 84.3 Å². The Bertz CT molecular complexity index is 756. The van der Waals surface area contributed by atoms with Gasteiger partial charge in [0.2, 0.25) is 0 Å². The standard InChI is InChI=1S/C20H24N2O6.Fe.Na/c23-17-7-3-1-5-15(17)11-21(13-19(25)26)9-10-22(14-20(27)28)12-16-6-2-4-8-18(16)24;;/h1-8,23-24H,9-14H2,(H,25,26)(H,27,28);;/q;+3;+1/p-4. The van der Waals surface area contributed by atoms with Crippen LogP contribution in [0.15, 0.2) is 48.5 Å². The third-order valence-corrected chi connectivity index (χ3v) is 4.17. The average Bonchev–Trinajstić information content (AvgIpc) is 2.62. The molecule has 30 heavy (non-hydrogen) atoms. The average molecular weight is 463 g/mol. The van der Waals surface area contributed by atoms with Crippen LogP contribution in [0.2, 0.25) is 0 Å². The molecule has 0 saturated heterocycles. The summed E-state index contributed by atoms with van der Waals surface area (Å²) < 4.78 is 0.